The second kappa shape index (κ2) is 4.77. The summed E-state index contributed by atoms with van der Waals surface area (Å²) < 4.78 is 13.6. The molecule has 17 heavy (non-hydrogen) atoms. The molecule has 1 N–H and O–H groups in total. The van der Waals surface area contributed by atoms with E-state index in [-0.39, 0.29) is 5.69 Å². The second-order valence-electron chi connectivity index (χ2n) is 3.40. The summed E-state index contributed by atoms with van der Waals surface area (Å²) in [7, 11) is 1.57. The summed E-state index contributed by atoms with van der Waals surface area (Å²) in [5, 5.41) is 19.4. The van der Waals surface area contributed by atoms with Crippen LogP contribution in [0.15, 0.2) is 12.1 Å². The van der Waals surface area contributed by atoms with Gasteiger partial charge in [-0.2, -0.15) is 0 Å². The molecule has 0 saturated carbocycles. The Labute approximate surface area is 96.4 Å². The van der Waals surface area contributed by atoms with Gasteiger partial charge in [0.2, 0.25) is 0 Å². The van der Waals surface area contributed by atoms with Gasteiger partial charge in [-0.15, -0.1) is 0 Å². The molecule has 0 saturated heterocycles. The first-order chi connectivity index (χ1) is 7.88. The van der Waals surface area contributed by atoms with E-state index in [0.717, 1.165) is 6.07 Å². The Balaban J connectivity index is 3.45. The Bertz CT molecular complexity index is 476. The molecule has 0 amide bonds. The van der Waals surface area contributed by atoms with Gasteiger partial charge in [0.1, 0.15) is 5.56 Å². The number of anilines is 1. The summed E-state index contributed by atoms with van der Waals surface area (Å²) in [4.78, 5) is 22.0. The monoisotopic (exact) mass is 242 g/mol. The van der Waals surface area contributed by atoms with Gasteiger partial charge in [-0.1, -0.05) is 0 Å². The summed E-state index contributed by atoms with van der Waals surface area (Å²) in [6, 6.07) is 1.60. The van der Waals surface area contributed by atoms with Crippen LogP contribution < -0.4 is 4.90 Å². The first-order valence-electron chi connectivity index (χ1n) is 4.80. The number of nitro groups is 1. The van der Waals surface area contributed by atoms with E-state index < -0.39 is 28.0 Å². The number of carboxylic acid groups (broad SMARTS) is 1. The summed E-state index contributed by atoms with van der Waals surface area (Å²) in [6.45, 7) is 2.20. The van der Waals surface area contributed by atoms with E-state index in [1.54, 1.807) is 14.0 Å². The molecular weight excluding hydrogens is 231 g/mol. The predicted molar refractivity (Wildman–Crippen MR) is 59.0 cm³/mol. The van der Waals surface area contributed by atoms with Crippen LogP contribution in [0.2, 0.25) is 0 Å². The zero-order chi connectivity index (χ0) is 13.2. The Morgan fingerprint density at radius 2 is 2.18 bits per heavy atom. The predicted octanol–water partition coefficient (Wildman–Crippen LogP) is 1.89. The molecule has 0 fully saturated rings. The lowest BCUT2D eigenvalue weighted by molar-refractivity contribution is -0.385. The van der Waals surface area contributed by atoms with Crippen LogP contribution >= 0.6 is 0 Å². The van der Waals surface area contributed by atoms with Crippen molar-refractivity contribution < 1.29 is 19.2 Å². The molecule has 0 atom stereocenters. The number of carbonyl (C=O) groups is 1. The number of hydrogen-bond donors (Lipinski definition) is 1. The van der Waals surface area contributed by atoms with Crippen molar-refractivity contribution in [1.29, 1.82) is 0 Å². The van der Waals surface area contributed by atoms with Crippen LogP contribution in [0.5, 0.6) is 0 Å². The minimum atomic E-state index is -1.46. The van der Waals surface area contributed by atoms with Gasteiger partial charge < -0.3 is 10.0 Å². The number of nitrogens with zero attached hydrogens (tertiary/aromatic N) is 2. The van der Waals surface area contributed by atoms with Gasteiger partial charge in [0.05, 0.1) is 16.7 Å². The number of aromatic carboxylic acids is 1. The lowest BCUT2D eigenvalue weighted by Gasteiger charge is -2.17. The maximum Gasteiger partial charge on any atom is 0.342 e. The van der Waals surface area contributed by atoms with E-state index in [1.807, 2.05) is 0 Å². The van der Waals surface area contributed by atoms with Crippen LogP contribution in [0, 0.1) is 15.9 Å². The molecule has 0 aliphatic carbocycles. The smallest absolute Gasteiger partial charge is 0.342 e. The summed E-state index contributed by atoms with van der Waals surface area (Å²) in [6.07, 6.45) is 0. The number of halogens is 1. The van der Waals surface area contributed by atoms with Crippen LogP contribution in [-0.4, -0.2) is 29.6 Å². The van der Waals surface area contributed by atoms with Crippen molar-refractivity contribution in [2.75, 3.05) is 18.5 Å². The Hall–Kier alpha value is -2.18. The van der Waals surface area contributed by atoms with Crippen LogP contribution in [0.4, 0.5) is 15.8 Å². The van der Waals surface area contributed by atoms with Crippen LogP contribution in [-0.2, 0) is 0 Å². The van der Waals surface area contributed by atoms with Crippen molar-refractivity contribution in [3.05, 3.63) is 33.6 Å². The van der Waals surface area contributed by atoms with Gasteiger partial charge in [-0.3, -0.25) is 10.1 Å². The highest BCUT2D eigenvalue weighted by atomic mass is 19.1. The minimum Gasteiger partial charge on any atom is -0.477 e. The zero-order valence-electron chi connectivity index (χ0n) is 9.31. The van der Waals surface area contributed by atoms with Gasteiger partial charge in [0.15, 0.2) is 5.82 Å². The van der Waals surface area contributed by atoms with Crippen molar-refractivity contribution in [3.63, 3.8) is 0 Å². The average Bonchev–Trinajstić information content (AvgIpc) is 2.27. The topological polar surface area (TPSA) is 83.7 Å². The summed E-state index contributed by atoms with van der Waals surface area (Å²) >= 11 is 0. The van der Waals surface area contributed by atoms with Crippen molar-refractivity contribution in [3.8, 4) is 0 Å². The van der Waals surface area contributed by atoms with Crippen molar-refractivity contribution >= 4 is 17.3 Å². The van der Waals surface area contributed by atoms with E-state index >= 15 is 0 Å². The molecule has 1 aromatic rings. The van der Waals surface area contributed by atoms with Crippen LogP contribution in [0.25, 0.3) is 0 Å². The zero-order valence-corrected chi connectivity index (χ0v) is 9.31. The molecule has 0 aromatic heterocycles. The molecule has 7 heteroatoms. The van der Waals surface area contributed by atoms with E-state index in [2.05, 4.69) is 0 Å². The summed E-state index contributed by atoms with van der Waals surface area (Å²) in [5.74, 6) is -2.27. The first kappa shape index (κ1) is 12.9. The molecule has 0 radical (unpaired) electrons. The number of carboxylic acids is 1. The fourth-order valence-electron chi connectivity index (χ4n) is 1.34. The lowest BCUT2D eigenvalue weighted by atomic mass is 10.1. The molecule has 0 bridgehead atoms. The Morgan fingerprint density at radius 1 is 1.59 bits per heavy atom. The highest BCUT2D eigenvalue weighted by Gasteiger charge is 2.24. The SMILES string of the molecule is CCN(C)c1cc(C(=O)O)c([N+](=O)[O-])cc1F. The third kappa shape index (κ3) is 2.49. The molecule has 6 nitrogen and oxygen atoms in total. The minimum absolute atomic E-state index is 0.0236. The molecule has 0 unspecified atom stereocenters. The van der Waals surface area contributed by atoms with E-state index in [4.69, 9.17) is 5.11 Å². The van der Waals surface area contributed by atoms with Gasteiger partial charge >= 0.3 is 5.97 Å². The molecule has 0 heterocycles. The van der Waals surface area contributed by atoms with Gasteiger partial charge in [-0.25, -0.2) is 9.18 Å². The maximum atomic E-state index is 13.6. The third-order valence-electron chi connectivity index (χ3n) is 2.38. The molecular formula is C10H11FN2O4. The Morgan fingerprint density at radius 3 is 2.59 bits per heavy atom. The second-order valence-corrected chi connectivity index (χ2v) is 3.40. The number of nitro benzene ring substituents is 1. The molecule has 1 aromatic carbocycles. The van der Waals surface area contributed by atoms with Gasteiger partial charge in [0, 0.05) is 13.6 Å². The molecule has 0 spiro atoms. The number of rotatable bonds is 4. The largest absolute Gasteiger partial charge is 0.477 e. The maximum absolute atomic E-state index is 13.6. The normalized spacial score (nSPS) is 10.1. The Kier molecular flexibility index (Phi) is 3.62. The molecule has 1 rings (SSSR count). The van der Waals surface area contributed by atoms with Crippen LogP contribution in [0.3, 0.4) is 0 Å². The molecule has 0 aliphatic rings. The number of benzene rings is 1. The van der Waals surface area contributed by atoms with Gasteiger partial charge in [0.25, 0.3) is 5.69 Å². The molecule has 92 valence electrons. The van der Waals surface area contributed by atoms with Crippen molar-refractivity contribution in [1.82, 2.24) is 0 Å². The van der Waals surface area contributed by atoms with Gasteiger partial charge in [-0.05, 0) is 13.0 Å². The van der Waals surface area contributed by atoms with Crippen molar-refractivity contribution in [2.45, 2.75) is 6.92 Å². The highest BCUT2D eigenvalue weighted by Crippen LogP contribution is 2.27. The van der Waals surface area contributed by atoms with E-state index in [9.17, 15) is 19.3 Å². The fraction of sp³-hybridized carbons (Fsp3) is 0.300. The fourth-order valence-corrected chi connectivity index (χ4v) is 1.34. The van der Waals surface area contributed by atoms with Crippen molar-refractivity contribution in [2.24, 2.45) is 0 Å². The molecule has 0 aliphatic heterocycles. The van der Waals surface area contributed by atoms with Crippen LogP contribution in [0.1, 0.15) is 17.3 Å². The first-order valence-corrected chi connectivity index (χ1v) is 4.80. The average molecular weight is 242 g/mol. The standard InChI is InChI=1S/C10H11FN2O4/c1-3-12(2)9-4-6(10(14)15)8(13(16)17)5-7(9)11/h4-5H,3H2,1-2H3,(H,14,15). The quantitative estimate of drug-likeness (QED) is 0.643. The van der Waals surface area contributed by atoms with E-state index in [0.29, 0.717) is 12.6 Å². The third-order valence-corrected chi connectivity index (χ3v) is 2.38. The highest BCUT2D eigenvalue weighted by molar-refractivity contribution is 5.93. The summed E-state index contributed by atoms with van der Waals surface area (Å²) in [5.41, 5.74) is -1.24. The van der Waals surface area contributed by atoms with E-state index in [1.165, 1.54) is 4.90 Å². The number of hydrogen-bond acceptors (Lipinski definition) is 4. The lowest BCUT2D eigenvalue weighted by Crippen LogP contribution is -2.18.